The summed E-state index contributed by atoms with van der Waals surface area (Å²) in [7, 11) is 2.16. The van der Waals surface area contributed by atoms with Crippen molar-refractivity contribution in [1.29, 1.82) is 0 Å². The van der Waals surface area contributed by atoms with Gasteiger partial charge in [-0.15, -0.1) is 0 Å². The molecule has 2 aromatic heterocycles. The first-order chi connectivity index (χ1) is 24.8. The van der Waals surface area contributed by atoms with Gasteiger partial charge in [0.05, 0.1) is 5.52 Å². The number of aromatic nitrogens is 2. The van der Waals surface area contributed by atoms with E-state index in [2.05, 4.69) is 54.5 Å². The Labute approximate surface area is 297 Å². The second-order valence-electron chi connectivity index (χ2n) is 14.3. The van der Waals surface area contributed by atoms with E-state index in [1.807, 2.05) is 48.7 Å². The van der Waals surface area contributed by atoms with Gasteiger partial charge in [-0.05, 0) is 88.1 Å². The van der Waals surface area contributed by atoms with E-state index >= 15 is 0 Å². The number of hydrogen-bond acceptors (Lipinski definition) is 8. The number of nitrogens with one attached hydrogen (secondary N) is 3. The van der Waals surface area contributed by atoms with Crippen molar-refractivity contribution in [2.45, 2.75) is 57.2 Å². The molecule has 2 atom stereocenters. The summed E-state index contributed by atoms with van der Waals surface area (Å²) in [4.78, 5) is 67.3. The number of benzene rings is 2. The molecule has 1 unspecified atom stereocenters. The number of pyridine rings is 1. The minimum atomic E-state index is -0.610. The molecule has 3 N–H and O–H groups in total. The lowest BCUT2D eigenvalue weighted by Gasteiger charge is -2.37. The van der Waals surface area contributed by atoms with Crippen LogP contribution in [-0.2, 0) is 22.6 Å². The van der Waals surface area contributed by atoms with Crippen molar-refractivity contribution in [1.82, 2.24) is 30.0 Å². The molecular formula is C39H44N8O4. The minimum Gasteiger partial charge on any atom is -0.369 e. The molecule has 4 aliphatic heterocycles. The van der Waals surface area contributed by atoms with E-state index in [0.717, 1.165) is 80.7 Å². The predicted molar refractivity (Wildman–Crippen MR) is 195 cm³/mol. The van der Waals surface area contributed by atoms with Crippen LogP contribution in [0.3, 0.4) is 0 Å². The van der Waals surface area contributed by atoms with Gasteiger partial charge < -0.3 is 20.1 Å². The first-order valence-electron chi connectivity index (χ1n) is 18.1. The molecule has 0 aliphatic carbocycles. The molecule has 4 aliphatic rings. The maximum absolute atomic E-state index is 13.3. The van der Waals surface area contributed by atoms with Crippen molar-refractivity contribution in [2.24, 2.45) is 0 Å². The number of hydrogen-bond donors (Lipinski definition) is 3. The third-order valence-electron chi connectivity index (χ3n) is 11.1. The molecule has 0 spiro atoms. The standard InChI is InChI=1S/C39H44N8O4/c1-44-15-4-8-33(44)31-21-27-23-40-35(22-30(27)41-31)42-37(49)26-11-9-25(10-12-26)5-3-16-45-17-19-46(20-18-45)32-7-2-6-28-29(32)24-47(39(28)51)34-13-14-36(48)43-38(34)50/h2,6-7,9-12,21-23,33-34,41H,3-5,8,13-20,24H2,1H3,(H,40,42,49)(H,43,48,50)/t33-,34?/m1/s1. The number of carbonyl (C=O) groups is 4. The van der Waals surface area contributed by atoms with Crippen molar-refractivity contribution in [3.63, 3.8) is 0 Å². The van der Waals surface area contributed by atoms with Crippen LogP contribution in [0.2, 0.25) is 0 Å². The highest BCUT2D eigenvalue weighted by atomic mass is 16.2. The number of aromatic amines is 1. The monoisotopic (exact) mass is 688 g/mol. The van der Waals surface area contributed by atoms with E-state index in [9.17, 15) is 19.2 Å². The van der Waals surface area contributed by atoms with Crippen LogP contribution in [0.25, 0.3) is 10.9 Å². The van der Waals surface area contributed by atoms with Crippen LogP contribution in [0.15, 0.2) is 60.8 Å². The Bertz CT molecular complexity index is 1980. The quantitative estimate of drug-likeness (QED) is 0.224. The average molecular weight is 689 g/mol. The number of likely N-dealkylation sites (tertiary alicyclic amines) is 1. The van der Waals surface area contributed by atoms with Crippen molar-refractivity contribution >= 4 is 46.0 Å². The predicted octanol–water partition coefficient (Wildman–Crippen LogP) is 4.10. The highest BCUT2D eigenvalue weighted by molar-refractivity contribution is 6.06. The zero-order chi connectivity index (χ0) is 35.1. The molecule has 12 heteroatoms. The number of rotatable bonds is 9. The topological polar surface area (TPSA) is 134 Å². The summed E-state index contributed by atoms with van der Waals surface area (Å²) in [5.41, 5.74) is 6.66. The van der Waals surface area contributed by atoms with Gasteiger partial charge in [0.1, 0.15) is 11.9 Å². The van der Waals surface area contributed by atoms with Crippen molar-refractivity contribution in [3.05, 3.63) is 88.7 Å². The number of carbonyl (C=O) groups excluding carboxylic acids is 4. The van der Waals surface area contributed by atoms with Gasteiger partial charge in [-0.1, -0.05) is 18.2 Å². The van der Waals surface area contributed by atoms with Crippen LogP contribution in [0.5, 0.6) is 0 Å². The first kappa shape index (κ1) is 33.1. The molecule has 12 nitrogen and oxygen atoms in total. The zero-order valence-corrected chi connectivity index (χ0v) is 29.0. The smallest absolute Gasteiger partial charge is 0.256 e. The summed E-state index contributed by atoms with van der Waals surface area (Å²) in [6.45, 7) is 6.04. The van der Waals surface area contributed by atoms with Gasteiger partial charge in [0.2, 0.25) is 11.8 Å². The lowest BCUT2D eigenvalue weighted by Crippen LogP contribution is -2.52. The Morgan fingerprint density at radius 1 is 0.961 bits per heavy atom. The molecule has 0 saturated carbocycles. The Balaban J connectivity index is 0.803. The second kappa shape index (κ2) is 13.9. The van der Waals surface area contributed by atoms with Crippen LogP contribution in [0.4, 0.5) is 11.5 Å². The van der Waals surface area contributed by atoms with Crippen molar-refractivity contribution < 1.29 is 19.2 Å². The van der Waals surface area contributed by atoms with Gasteiger partial charge >= 0.3 is 0 Å². The van der Waals surface area contributed by atoms with Gasteiger partial charge in [0.15, 0.2) is 0 Å². The minimum absolute atomic E-state index is 0.138. The van der Waals surface area contributed by atoms with Crippen LogP contribution in [-0.4, -0.2) is 101 Å². The van der Waals surface area contributed by atoms with Crippen molar-refractivity contribution in [3.8, 4) is 0 Å². The molecule has 4 amide bonds. The number of piperidine rings is 1. The fraction of sp³-hybridized carbons (Fsp3) is 0.410. The van der Waals surface area contributed by atoms with E-state index in [-0.39, 0.29) is 30.0 Å². The fourth-order valence-electron chi connectivity index (χ4n) is 8.20. The Kier molecular flexibility index (Phi) is 9.03. The highest BCUT2D eigenvalue weighted by Gasteiger charge is 2.40. The Morgan fingerprint density at radius 2 is 1.78 bits per heavy atom. The normalized spacial score (nSPS) is 21.4. The van der Waals surface area contributed by atoms with Crippen LogP contribution < -0.4 is 15.5 Å². The largest absolute Gasteiger partial charge is 0.369 e. The van der Waals surface area contributed by atoms with Crippen LogP contribution >= 0.6 is 0 Å². The average Bonchev–Trinajstić information content (AvgIpc) is 3.85. The molecule has 3 fully saturated rings. The second-order valence-corrected chi connectivity index (χ2v) is 14.3. The van der Waals surface area contributed by atoms with E-state index in [1.54, 1.807) is 4.90 Å². The Morgan fingerprint density at radius 3 is 2.55 bits per heavy atom. The Hall–Kier alpha value is -5.07. The maximum Gasteiger partial charge on any atom is 0.256 e. The van der Waals surface area contributed by atoms with Crippen molar-refractivity contribution in [2.75, 3.05) is 56.5 Å². The molecule has 6 heterocycles. The third kappa shape index (κ3) is 6.73. The number of amides is 4. The first-order valence-corrected chi connectivity index (χ1v) is 18.1. The van der Waals surface area contributed by atoms with E-state index < -0.39 is 6.04 Å². The number of nitrogens with zero attached hydrogens (tertiary/aromatic N) is 5. The molecular weight excluding hydrogens is 644 g/mol. The zero-order valence-electron chi connectivity index (χ0n) is 29.0. The lowest BCUT2D eigenvalue weighted by atomic mass is 10.0. The summed E-state index contributed by atoms with van der Waals surface area (Å²) < 4.78 is 0. The molecule has 264 valence electrons. The summed E-state index contributed by atoms with van der Waals surface area (Å²) in [5, 5.41) is 6.39. The van der Waals surface area contributed by atoms with Crippen LogP contribution in [0, 0.1) is 0 Å². The van der Waals surface area contributed by atoms with E-state index in [1.165, 1.54) is 17.7 Å². The molecule has 0 bridgehead atoms. The molecule has 51 heavy (non-hydrogen) atoms. The van der Waals surface area contributed by atoms with E-state index in [0.29, 0.717) is 36.0 Å². The van der Waals surface area contributed by atoms with Gasteiger partial charge in [0, 0.05) is 90.9 Å². The van der Waals surface area contributed by atoms with Gasteiger partial charge in [-0.25, -0.2) is 4.98 Å². The lowest BCUT2D eigenvalue weighted by molar-refractivity contribution is -0.136. The maximum atomic E-state index is 13.3. The van der Waals surface area contributed by atoms with Gasteiger partial charge in [-0.3, -0.25) is 34.3 Å². The molecule has 4 aromatic rings. The molecule has 3 saturated heterocycles. The number of anilines is 2. The number of piperazine rings is 1. The van der Waals surface area contributed by atoms with Crippen LogP contribution in [0.1, 0.15) is 75.7 Å². The van der Waals surface area contributed by atoms with Gasteiger partial charge in [-0.2, -0.15) is 0 Å². The summed E-state index contributed by atoms with van der Waals surface area (Å²) in [6.07, 6.45) is 6.71. The molecule has 0 radical (unpaired) electrons. The van der Waals surface area contributed by atoms with Gasteiger partial charge in [0.25, 0.3) is 11.8 Å². The van der Waals surface area contributed by atoms with E-state index in [4.69, 9.17) is 0 Å². The summed E-state index contributed by atoms with van der Waals surface area (Å²) in [5.74, 6) is -0.446. The fourth-order valence-corrected chi connectivity index (χ4v) is 8.20. The number of imide groups is 1. The number of H-pyrrole nitrogens is 1. The number of fused-ring (bicyclic) bond motifs is 2. The third-order valence-corrected chi connectivity index (χ3v) is 11.1. The SMILES string of the molecule is CN1CCC[C@@H]1c1cc2cnc(NC(=O)c3ccc(CCCN4CCN(c5cccc6c5CN(C5CCC(=O)NC5=O)C6=O)CC4)cc3)cc2[nH]1. The number of aryl methyl sites for hydroxylation is 1. The molecule has 2 aromatic carbocycles. The summed E-state index contributed by atoms with van der Waals surface area (Å²) in [6, 6.07) is 17.5. The molecule has 8 rings (SSSR count). The summed E-state index contributed by atoms with van der Waals surface area (Å²) >= 11 is 0. The highest BCUT2D eigenvalue weighted by Crippen LogP contribution is 2.35.